The second-order valence-corrected chi connectivity index (χ2v) is 5.12. The zero-order valence-corrected chi connectivity index (χ0v) is 11.0. The Bertz CT molecular complexity index is 275. The number of thioether (sulfide) groups is 1. The molecule has 0 spiro atoms. The average molecular weight is 247 g/mol. The average Bonchev–Trinajstić information content (AvgIpc) is 2.72. The highest BCUT2D eigenvalue weighted by atomic mass is 35.5. The minimum Gasteiger partial charge on any atom is -0.270 e. The molecule has 0 aromatic carbocycles. The third-order valence-electron chi connectivity index (χ3n) is 2.38. The molecule has 2 nitrogen and oxygen atoms in total. The topological polar surface area (TPSA) is 17.8 Å². The fourth-order valence-corrected chi connectivity index (χ4v) is 2.37. The molecular weight excluding hydrogens is 228 g/mol. The summed E-state index contributed by atoms with van der Waals surface area (Å²) in [6, 6.07) is 2.62. The van der Waals surface area contributed by atoms with Gasteiger partial charge in [0.15, 0.2) is 0 Å². The van der Waals surface area contributed by atoms with E-state index in [4.69, 9.17) is 11.6 Å². The third kappa shape index (κ3) is 4.47. The molecule has 0 saturated heterocycles. The van der Waals surface area contributed by atoms with Crippen LogP contribution >= 0.6 is 23.4 Å². The minimum absolute atomic E-state index is 0.506. The van der Waals surface area contributed by atoms with Crippen molar-refractivity contribution in [1.29, 1.82) is 0 Å². The Morgan fingerprint density at radius 1 is 1.60 bits per heavy atom. The normalized spacial score (nSPS) is 13.0. The van der Waals surface area contributed by atoms with Gasteiger partial charge in [-0.15, -0.1) is 11.6 Å². The van der Waals surface area contributed by atoms with E-state index in [2.05, 4.69) is 35.9 Å². The van der Waals surface area contributed by atoms with Crippen molar-refractivity contribution in [3.8, 4) is 0 Å². The first kappa shape index (κ1) is 12.9. The highest BCUT2D eigenvalue weighted by Crippen LogP contribution is 2.14. The van der Waals surface area contributed by atoms with Gasteiger partial charge >= 0.3 is 0 Å². The van der Waals surface area contributed by atoms with Crippen molar-refractivity contribution in [2.24, 2.45) is 0 Å². The predicted molar refractivity (Wildman–Crippen MR) is 68.7 cm³/mol. The molecule has 0 bridgehead atoms. The van der Waals surface area contributed by atoms with E-state index in [1.807, 2.05) is 11.8 Å². The Morgan fingerprint density at radius 2 is 2.40 bits per heavy atom. The van der Waals surface area contributed by atoms with Crippen LogP contribution in [0.1, 0.15) is 38.4 Å². The molecule has 0 aliphatic rings. The standard InChI is InChI=1S/C11H19ClN2S/c1-3-10(2)14-7-5-11(13-14)9-15-8-4-6-12/h5,7,10H,3-4,6,8-9H2,1-2H3. The number of hydrogen-bond acceptors (Lipinski definition) is 2. The number of aromatic nitrogens is 2. The molecule has 0 fully saturated rings. The van der Waals surface area contributed by atoms with E-state index in [9.17, 15) is 0 Å². The van der Waals surface area contributed by atoms with Crippen LogP contribution in [0, 0.1) is 0 Å². The molecule has 1 atom stereocenters. The summed E-state index contributed by atoms with van der Waals surface area (Å²) >= 11 is 7.52. The van der Waals surface area contributed by atoms with Gasteiger partial charge in [-0.1, -0.05) is 6.92 Å². The van der Waals surface area contributed by atoms with Gasteiger partial charge in [0.1, 0.15) is 0 Å². The van der Waals surface area contributed by atoms with Gasteiger partial charge in [-0.25, -0.2) is 0 Å². The highest BCUT2D eigenvalue weighted by molar-refractivity contribution is 7.98. The first-order chi connectivity index (χ1) is 7.27. The quantitative estimate of drug-likeness (QED) is 0.539. The zero-order chi connectivity index (χ0) is 11.1. The summed E-state index contributed by atoms with van der Waals surface area (Å²) in [4.78, 5) is 0. The van der Waals surface area contributed by atoms with Gasteiger partial charge in [0.2, 0.25) is 0 Å². The summed E-state index contributed by atoms with van der Waals surface area (Å²) < 4.78 is 2.05. The van der Waals surface area contributed by atoms with Crippen LogP contribution in [0.15, 0.2) is 12.3 Å². The van der Waals surface area contributed by atoms with Gasteiger partial charge in [0, 0.05) is 23.9 Å². The molecule has 0 aliphatic heterocycles. The maximum Gasteiger partial charge on any atom is 0.0723 e. The van der Waals surface area contributed by atoms with Crippen LogP contribution in [0.2, 0.25) is 0 Å². The van der Waals surface area contributed by atoms with Gasteiger partial charge < -0.3 is 0 Å². The fourth-order valence-electron chi connectivity index (χ4n) is 1.22. The molecule has 86 valence electrons. The lowest BCUT2D eigenvalue weighted by atomic mass is 10.3. The molecule has 0 radical (unpaired) electrons. The monoisotopic (exact) mass is 246 g/mol. The maximum atomic E-state index is 5.61. The summed E-state index contributed by atoms with van der Waals surface area (Å²) in [5.41, 5.74) is 1.18. The number of nitrogens with zero attached hydrogens (tertiary/aromatic N) is 2. The molecule has 15 heavy (non-hydrogen) atoms. The number of alkyl halides is 1. The second kappa shape index (κ2) is 7.18. The van der Waals surface area contributed by atoms with Crippen LogP contribution in [-0.2, 0) is 5.75 Å². The predicted octanol–water partition coefficient (Wildman–Crippen LogP) is 3.72. The first-order valence-electron chi connectivity index (χ1n) is 5.45. The second-order valence-electron chi connectivity index (χ2n) is 3.64. The van der Waals surface area contributed by atoms with Gasteiger partial charge in [0.05, 0.1) is 5.69 Å². The number of hydrogen-bond donors (Lipinski definition) is 0. The maximum absolute atomic E-state index is 5.61. The summed E-state index contributed by atoms with van der Waals surface area (Å²) in [5.74, 6) is 2.88. The van der Waals surface area contributed by atoms with Crippen molar-refractivity contribution < 1.29 is 0 Å². The van der Waals surface area contributed by atoms with Gasteiger partial charge in [-0.3, -0.25) is 4.68 Å². The lowest BCUT2D eigenvalue weighted by Crippen LogP contribution is -2.04. The van der Waals surface area contributed by atoms with E-state index in [1.165, 1.54) is 5.69 Å². The van der Waals surface area contributed by atoms with E-state index in [0.29, 0.717) is 6.04 Å². The minimum atomic E-state index is 0.506. The van der Waals surface area contributed by atoms with Gasteiger partial charge in [0.25, 0.3) is 0 Å². The fraction of sp³-hybridized carbons (Fsp3) is 0.727. The molecule has 4 heteroatoms. The smallest absolute Gasteiger partial charge is 0.0723 e. The highest BCUT2D eigenvalue weighted by Gasteiger charge is 2.04. The molecule has 0 N–H and O–H groups in total. The summed E-state index contributed by atoms with van der Waals surface area (Å²) in [5, 5.41) is 4.54. The molecular formula is C11H19ClN2S. The van der Waals surface area contributed by atoms with Gasteiger partial charge in [-0.05, 0) is 31.6 Å². The molecule has 0 aliphatic carbocycles. The van der Waals surface area contributed by atoms with Crippen LogP contribution in [0.3, 0.4) is 0 Å². The Labute approximate surface area is 101 Å². The lowest BCUT2D eigenvalue weighted by Gasteiger charge is -2.07. The van der Waals surface area contributed by atoms with Crippen LogP contribution in [-0.4, -0.2) is 21.4 Å². The van der Waals surface area contributed by atoms with Crippen LogP contribution in [0.4, 0.5) is 0 Å². The van der Waals surface area contributed by atoms with Crippen molar-refractivity contribution in [3.05, 3.63) is 18.0 Å². The van der Waals surface area contributed by atoms with E-state index in [1.54, 1.807) is 0 Å². The molecule has 0 saturated carbocycles. The van der Waals surface area contributed by atoms with Crippen molar-refractivity contribution in [1.82, 2.24) is 9.78 Å². The third-order valence-corrected chi connectivity index (χ3v) is 3.72. The van der Waals surface area contributed by atoms with Crippen molar-refractivity contribution in [2.45, 2.75) is 38.5 Å². The van der Waals surface area contributed by atoms with Crippen molar-refractivity contribution >= 4 is 23.4 Å². The Hall–Kier alpha value is -0.150. The summed E-state index contributed by atoms with van der Waals surface area (Å²) in [7, 11) is 0. The summed E-state index contributed by atoms with van der Waals surface area (Å²) in [6.45, 7) is 4.37. The largest absolute Gasteiger partial charge is 0.270 e. The Kier molecular flexibility index (Phi) is 6.18. The van der Waals surface area contributed by atoms with Crippen molar-refractivity contribution in [3.63, 3.8) is 0 Å². The number of rotatable bonds is 7. The van der Waals surface area contributed by atoms with E-state index in [-0.39, 0.29) is 0 Å². The number of halogens is 1. The van der Waals surface area contributed by atoms with Gasteiger partial charge in [-0.2, -0.15) is 16.9 Å². The summed E-state index contributed by atoms with van der Waals surface area (Å²) in [6.07, 6.45) is 4.28. The first-order valence-corrected chi connectivity index (χ1v) is 7.14. The van der Waals surface area contributed by atoms with Crippen LogP contribution < -0.4 is 0 Å². The molecule has 1 aromatic rings. The van der Waals surface area contributed by atoms with Crippen LogP contribution in [0.25, 0.3) is 0 Å². The van der Waals surface area contributed by atoms with Crippen molar-refractivity contribution in [2.75, 3.05) is 11.6 Å². The van der Waals surface area contributed by atoms with E-state index in [0.717, 1.165) is 30.2 Å². The van der Waals surface area contributed by atoms with Crippen LogP contribution in [0.5, 0.6) is 0 Å². The zero-order valence-electron chi connectivity index (χ0n) is 9.45. The Balaban J connectivity index is 2.33. The Morgan fingerprint density at radius 3 is 3.07 bits per heavy atom. The molecule has 0 amide bonds. The lowest BCUT2D eigenvalue weighted by molar-refractivity contribution is 0.475. The molecule has 1 aromatic heterocycles. The SMILES string of the molecule is CCC(C)n1ccc(CSCCCCl)n1. The van der Waals surface area contributed by atoms with E-state index >= 15 is 0 Å². The molecule has 1 rings (SSSR count). The van der Waals surface area contributed by atoms with E-state index < -0.39 is 0 Å². The molecule has 1 heterocycles. The molecule has 1 unspecified atom stereocenters.